The maximum absolute atomic E-state index is 12.4. The molecule has 1 heterocycles. The maximum Gasteiger partial charge on any atom is 0.249 e. The first-order valence-electron chi connectivity index (χ1n) is 16.9. The van der Waals surface area contributed by atoms with Gasteiger partial charge in [0.05, 0.1) is 18.8 Å². The Balaban J connectivity index is 1.97. The molecule has 0 spiro atoms. The number of aliphatic hydroxyl groups is 2. The molecule has 5 heteroatoms. The number of amides is 1. The van der Waals surface area contributed by atoms with Gasteiger partial charge in [-0.3, -0.25) is 4.79 Å². The molecule has 1 aliphatic heterocycles. The minimum atomic E-state index is -0.990. The van der Waals surface area contributed by atoms with Gasteiger partial charge in [-0.1, -0.05) is 162 Å². The molecule has 0 aliphatic carbocycles. The number of carbonyl (C=O) groups excluding carboxylic acids is 1. The molecule has 0 aromatic carbocycles. The molecule has 5 nitrogen and oxygen atoms in total. The first-order chi connectivity index (χ1) is 18.6. The third kappa shape index (κ3) is 18.6. The van der Waals surface area contributed by atoms with Crippen molar-refractivity contribution in [3.63, 3.8) is 0 Å². The van der Waals surface area contributed by atoms with Crippen molar-refractivity contribution in [2.75, 3.05) is 6.61 Å². The van der Waals surface area contributed by atoms with Crippen LogP contribution in [0.1, 0.15) is 174 Å². The van der Waals surface area contributed by atoms with Crippen LogP contribution in [0, 0.1) is 0 Å². The van der Waals surface area contributed by atoms with Gasteiger partial charge in [-0.15, -0.1) is 0 Å². The smallest absolute Gasteiger partial charge is 0.249 e. The van der Waals surface area contributed by atoms with E-state index in [9.17, 15) is 15.0 Å². The van der Waals surface area contributed by atoms with Crippen molar-refractivity contribution in [2.45, 2.75) is 199 Å². The molecule has 0 aromatic heterocycles. The van der Waals surface area contributed by atoms with Crippen molar-refractivity contribution in [3.05, 3.63) is 0 Å². The van der Waals surface area contributed by atoms with Crippen molar-refractivity contribution in [2.24, 2.45) is 0 Å². The van der Waals surface area contributed by atoms with Crippen molar-refractivity contribution >= 4 is 5.91 Å². The molecule has 38 heavy (non-hydrogen) atoms. The lowest BCUT2D eigenvalue weighted by Crippen LogP contribution is -2.48. The van der Waals surface area contributed by atoms with E-state index in [0.717, 1.165) is 25.7 Å². The lowest BCUT2D eigenvalue weighted by atomic mass is 10.0. The van der Waals surface area contributed by atoms with Crippen LogP contribution in [-0.2, 0) is 9.53 Å². The number of aliphatic hydroxyl groups excluding tert-OH is 2. The van der Waals surface area contributed by atoms with E-state index in [2.05, 4.69) is 19.2 Å². The van der Waals surface area contributed by atoms with E-state index in [4.69, 9.17) is 4.74 Å². The first-order valence-corrected chi connectivity index (χ1v) is 16.9. The summed E-state index contributed by atoms with van der Waals surface area (Å²) in [5.41, 5.74) is 0. The number of unbranched alkanes of at least 4 members (excludes halogenated alkanes) is 21. The van der Waals surface area contributed by atoms with Crippen LogP contribution in [0.3, 0.4) is 0 Å². The molecular weight excluding hydrogens is 474 g/mol. The van der Waals surface area contributed by atoms with E-state index >= 15 is 0 Å². The third-order valence-corrected chi connectivity index (χ3v) is 8.34. The van der Waals surface area contributed by atoms with Crippen LogP contribution >= 0.6 is 0 Å². The zero-order valence-electron chi connectivity index (χ0n) is 25.4. The highest BCUT2D eigenvalue weighted by Gasteiger charge is 2.37. The minimum Gasteiger partial charge on any atom is -0.388 e. The molecule has 0 aromatic rings. The summed E-state index contributed by atoms with van der Waals surface area (Å²) in [4.78, 5) is 12.4. The molecule has 1 saturated heterocycles. The number of rotatable bonds is 27. The quantitative estimate of drug-likeness (QED) is 0.0916. The number of nitrogens with one attached hydrogen (secondary N) is 1. The van der Waals surface area contributed by atoms with Crippen LogP contribution in [0.25, 0.3) is 0 Å². The van der Waals surface area contributed by atoms with E-state index in [1.807, 2.05) is 0 Å². The van der Waals surface area contributed by atoms with E-state index in [0.29, 0.717) is 13.0 Å². The van der Waals surface area contributed by atoms with Gasteiger partial charge >= 0.3 is 0 Å². The Morgan fingerprint density at radius 3 is 1.53 bits per heavy atom. The van der Waals surface area contributed by atoms with Gasteiger partial charge in [-0.05, 0) is 12.8 Å². The second-order valence-electron chi connectivity index (χ2n) is 12.0. The SMILES string of the molecule is CCCCCCCCCCCCCCCC(O)C(=O)NC1COC(CCCCCCCCCCCC)C1O. The monoisotopic (exact) mass is 539 g/mol. The number of ether oxygens (including phenoxy) is 1. The summed E-state index contributed by atoms with van der Waals surface area (Å²) in [6, 6.07) is -0.406. The van der Waals surface area contributed by atoms with E-state index in [-0.39, 0.29) is 12.0 Å². The minimum absolute atomic E-state index is 0.201. The van der Waals surface area contributed by atoms with E-state index in [1.54, 1.807) is 0 Å². The summed E-state index contributed by atoms with van der Waals surface area (Å²) in [6.07, 6.45) is 29.0. The Morgan fingerprint density at radius 1 is 0.684 bits per heavy atom. The van der Waals surface area contributed by atoms with Crippen molar-refractivity contribution < 1.29 is 19.7 Å². The molecule has 0 bridgehead atoms. The number of carbonyl (C=O) groups is 1. The Labute approximate surface area is 236 Å². The lowest BCUT2D eigenvalue weighted by Gasteiger charge is -2.20. The molecule has 4 unspecified atom stereocenters. The summed E-state index contributed by atoms with van der Waals surface area (Å²) < 4.78 is 5.78. The second kappa shape index (κ2) is 25.3. The van der Waals surface area contributed by atoms with Gasteiger partial charge < -0.3 is 20.3 Å². The highest BCUT2D eigenvalue weighted by Crippen LogP contribution is 2.21. The third-order valence-electron chi connectivity index (χ3n) is 8.34. The summed E-state index contributed by atoms with van der Waals surface area (Å²) in [5.74, 6) is -0.365. The first kappa shape index (κ1) is 35.4. The molecule has 0 radical (unpaired) electrons. The van der Waals surface area contributed by atoms with Gasteiger partial charge in [0.25, 0.3) is 0 Å². The van der Waals surface area contributed by atoms with Gasteiger partial charge in [-0.25, -0.2) is 0 Å². The predicted molar refractivity (Wildman–Crippen MR) is 160 cm³/mol. The van der Waals surface area contributed by atoms with Gasteiger partial charge in [0.1, 0.15) is 12.2 Å². The average Bonchev–Trinajstić information content (AvgIpc) is 3.26. The fourth-order valence-electron chi connectivity index (χ4n) is 5.66. The van der Waals surface area contributed by atoms with Gasteiger partial charge in [-0.2, -0.15) is 0 Å². The van der Waals surface area contributed by atoms with Gasteiger partial charge in [0.15, 0.2) is 0 Å². The molecular formula is C33H65NO4. The fraction of sp³-hybridized carbons (Fsp3) is 0.970. The molecule has 226 valence electrons. The molecule has 4 atom stereocenters. The van der Waals surface area contributed by atoms with Crippen LogP contribution in [0.15, 0.2) is 0 Å². The highest BCUT2D eigenvalue weighted by molar-refractivity contribution is 5.80. The lowest BCUT2D eigenvalue weighted by molar-refractivity contribution is -0.131. The zero-order chi connectivity index (χ0) is 27.7. The Hall–Kier alpha value is -0.650. The van der Waals surface area contributed by atoms with Crippen LogP contribution in [0.2, 0.25) is 0 Å². The summed E-state index contributed by atoms with van der Waals surface area (Å²) in [7, 11) is 0. The Morgan fingerprint density at radius 2 is 1.08 bits per heavy atom. The number of hydrogen-bond donors (Lipinski definition) is 3. The largest absolute Gasteiger partial charge is 0.388 e. The highest BCUT2D eigenvalue weighted by atomic mass is 16.5. The molecule has 0 saturated carbocycles. The van der Waals surface area contributed by atoms with Crippen molar-refractivity contribution in [1.29, 1.82) is 0 Å². The standard InChI is InChI=1S/C33H65NO4/c1-3-5-7-9-11-13-15-16-17-18-20-22-24-26-30(35)33(37)34-29-28-38-31(32(29)36)27-25-23-21-19-14-12-10-8-6-4-2/h29-32,35-36H,3-28H2,1-2H3,(H,34,37). The molecule has 1 amide bonds. The Bertz CT molecular complexity index is 529. The second-order valence-corrected chi connectivity index (χ2v) is 12.0. The van der Waals surface area contributed by atoms with Crippen LogP contribution in [-0.4, -0.2) is 47.1 Å². The van der Waals surface area contributed by atoms with Crippen molar-refractivity contribution in [3.8, 4) is 0 Å². The molecule has 1 rings (SSSR count). The Kier molecular flexibility index (Phi) is 23.6. The molecule has 1 aliphatic rings. The summed E-state index contributed by atoms with van der Waals surface area (Å²) in [6.45, 7) is 4.85. The van der Waals surface area contributed by atoms with Crippen LogP contribution < -0.4 is 5.32 Å². The van der Waals surface area contributed by atoms with Crippen LogP contribution in [0.4, 0.5) is 0 Å². The number of hydrogen-bond acceptors (Lipinski definition) is 4. The van der Waals surface area contributed by atoms with Crippen molar-refractivity contribution in [1.82, 2.24) is 5.32 Å². The fourth-order valence-corrected chi connectivity index (χ4v) is 5.66. The molecule has 3 N–H and O–H groups in total. The topological polar surface area (TPSA) is 78.8 Å². The van der Waals surface area contributed by atoms with Gasteiger partial charge in [0, 0.05) is 0 Å². The average molecular weight is 540 g/mol. The van der Waals surface area contributed by atoms with E-state index < -0.39 is 18.2 Å². The summed E-state index contributed by atoms with van der Waals surface area (Å²) in [5, 5.41) is 23.7. The predicted octanol–water partition coefficient (Wildman–Crippen LogP) is 8.38. The van der Waals surface area contributed by atoms with Crippen LogP contribution in [0.5, 0.6) is 0 Å². The maximum atomic E-state index is 12.4. The molecule has 1 fully saturated rings. The zero-order valence-corrected chi connectivity index (χ0v) is 25.4. The summed E-state index contributed by atoms with van der Waals surface area (Å²) >= 11 is 0. The normalized spacial score (nSPS) is 20.2. The van der Waals surface area contributed by atoms with Gasteiger partial charge in [0.2, 0.25) is 5.91 Å². The van der Waals surface area contributed by atoms with E-state index in [1.165, 1.54) is 128 Å².